The van der Waals surface area contributed by atoms with E-state index in [1.54, 1.807) is 0 Å². The molecule has 0 heterocycles. The smallest absolute Gasteiger partial charge is 0.0139 e. The van der Waals surface area contributed by atoms with Gasteiger partial charge < -0.3 is 5.32 Å². The van der Waals surface area contributed by atoms with Gasteiger partial charge in [0.2, 0.25) is 0 Å². The Morgan fingerprint density at radius 1 is 1.19 bits per heavy atom. The topological polar surface area (TPSA) is 12.0 Å². The van der Waals surface area contributed by atoms with Crippen molar-refractivity contribution in [3.8, 4) is 12.3 Å². The quantitative estimate of drug-likeness (QED) is 0.472. The number of terminal acetylenes is 1. The van der Waals surface area contributed by atoms with Gasteiger partial charge in [0.15, 0.2) is 0 Å². The Labute approximate surface area is 131 Å². The SMILES string of the molecule is C#CCCCC(NCCC)C(c1ccccc1)C(C)CC. The first-order chi connectivity index (χ1) is 10.2. The Morgan fingerprint density at radius 3 is 2.48 bits per heavy atom. The molecule has 116 valence electrons. The Hall–Kier alpha value is -1.26. The van der Waals surface area contributed by atoms with Crippen molar-refractivity contribution in [1.82, 2.24) is 5.32 Å². The molecule has 3 atom stereocenters. The van der Waals surface area contributed by atoms with Gasteiger partial charge in [-0.15, -0.1) is 12.3 Å². The average molecular weight is 285 g/mol. The van der Waals surface area contributed by atoms with Crippen LogP contribution in [0.5, 0.6) is 0 Å². The molecule has 3 unspecified atom stereocenters. The van der Waals surface area contributed by atoms with Gasteiger partial charge >= 0.3 is 0 Å². The Balaban J connectivity index is 2.90. The molecule has 0 amide bonds. The standard InChI is InChI=1S/C20H31N/c1-5-8-10-15-19(21-16-6-2)20(17(4)7-3)18-13-11-9-12-14-18/h1,9,11-14,17,19-21H,6-8,10,15-16H2,2-4H3. The third-order valence-electron chi connectivity index (χ3n) is 4.37. The van der Waals surface area contributed by atoms with E-state index < -0.39 is 0 Å². The van der Waals surface area contributed by atoms with Gasteiger partial charge in [-0.2, -0.15) is 0 Å². The van der Waals surface area contributed by atoms with Gasteiger partial charge in [0.25, 0.3) is 0 Å². The summed E-state index contributed by atoms with van der Waals surface area (Å²) in [5, 5.41) is 3.77. The van der Waals surface area contributed by atoms with Crippen LogP contribution >= 0.6 is 0 Å². The monoisotopic (exact) mass is 285 g/mol. The highest BCUT2D eigenvalue weighted by Gasteiger charge is 2.26. The molecule has 0 aliphatic heterocycles. The number of rotatable bonds is 10. The molecule has 0 saturated carbocycles. The largest absolute Gasteiger partial charge is 0.313 e. The van der Waals surface area contributed by atoms with Crippen LogP contribution in [0.15, 0.2) is 30.3 Å². The maximum Gasteiger partial charge on any atom is 0.0139 e. The molecular formula is C20H31N. The molecule has 0 aliphatic rings. The molecule has 0 aliphatic carbocycles. The summed E-state index contributed by atoms with van der Waals surface area (Å²) in [6.07, 6.45) is 11.0. The zero-order valence-corrected chi connectivity index (χ0v) is 13.9. The molecule has 1 aromatic rings. The number of unbranched alkanes of at least 4 members (excludes halogenated alkanes) is 1. The van der Waals surface area contributed by atoms with E-state index in [2.05, 4.69) is 62.3 Å². The summed E-state index contributed by atoms with van der Waals surface area (Å²) in [7, 11) is 0. The number of nitrogens with one attached hydrogen (secondary N) is 1. The number of benzene rings is 1. The Kier molecular flexibility index (Phi) is 8.87. The summed E-state index contributed by atoms with van der Waals surface area (Å²) in [5.74, 6) is 4.02. The first-order valence-corrected chi connectivity index (χ1v) is 8.46. The van der Waals surface area contributed by atoms with E-state index in [0.717, 1.165) is 25.8 Å². The molecule has 1 rings (SSSR count). The van der Waals surface area contributed by atoms with Crippen LogP contribution in [0.4, 0.5) is 0 Å². The summed E-state index contributed by atoms with van der Waals surface area (Å²) in [5.41, 5.74) is 1.46. The second-order valence-corrected chi connectivity index (χ2v) is 5.98. The molecule has 21 heavy (non-hydrogen) atoms. The van der Waals surface area contributed by atoms with Crippen LogP contribution in [-0.4, -0.2) is 12.6 Å². The second-order valence-electron chi connectivity index (χ2n) is 5.98. The maximum absolute atomic E-state index is 5.42. The van der Waals surface area contributed by atoms with E-state index in [-0.39, 0.29) is 0 Å². The molecule has 0 radical (unpaired) electrons. The molecule has 0 spiro atoms. The predicted molar refractivity (Wildman–Crippen MR) is 93.4 cm³/mol. The summed E-state index contributed by atoms with van der Waals surface area (Å²) in [6, 6.07) is 11.5. The van der Waals surface area contributed by atoms with E-state index in [1.807, 2.05) is 0 Å². The van der Waals surface area contributed by atoms with E-state index >= 15 is 0 Å². The Bertz CT molecular complexity index is 404. The van der Waals surface area contributed by atoms with Gasteiger partial charge in [0, 0.05) is 18.4 Å². The van der Waals surface area contributed by atoms with Crippen LogP contribution in [0.3, 0.4) is 0 Å². The summed E-state index contributed by atoms with van der Waals surface area (Å²) in [4.78, 5) is 0. The molecule has 0 fully saturated rings. The highest BCUT2D eigenvalue weighted by Crippen LogP contribution is 2.32. The van der Waals surface area contributed by atoms with Gasteiger partial charge in [-0.25, -0.2) is 0 Å². The third-order valence-corrected chi connectivity index (χ3v) is 4.37. The van der Waals surface area contributed by atoms with Crippen molar-refractivity contribution in [3.05, 3.63) is 35.9 Å². The minimum atomic E-state index is 0.524. The zero-order chi connectivity index (χ0) is 15.5. The maximum atomic E-state index is 5.42. The second kappa shape index (κ2) is 10.5. The van der Waals surface area contributed by atoms with Crippen LogP contribution in [0, 0.1) is 18.3 Å². The van der Waals surface area contributed by atoms with Crippen molar-refractivity contribution in [2.75, 3.05) is 6.54 Å². The van der Waals surface area contributed by atoms with E-state index in [1.165, 1.54) is 18.4 Å². The van der Waals surface area contributed by atoms with Crippen molar-refractivity contribution in [2.45, 2.75) is 64.8 Å². The fraction of sp³-hybridized carbons (Fsp3) is 0.600. The van der Waals surface area contributed by atoms with Crippen LogP contribution < -0.4 is 5.32 Å². The van der Waals surface area contributed by atoms with Crippen molar-refractivity contribution in [2.24, 2.45) is 5.92 Å². The molecule has 1 nitrogen and oxygen atoms in total. The number of hydrogen-bond acceptors (Lipinski definition) is 1. The molecule has 1 heteroatoms. The van der Waals surface area contributed by atoms with E-state index in [4.69, 9.17) is 6.42 Å². The molecule has 0 bridgehead atoms. The number of hydrogen-bond donors (Lipinski definition) is 1. The lowest BCUT2D eigenvalue weighted by Gasteiger charge is -2.33. The fourth-order valence-electron chi connectivity index (χ4n) is 3.05. The van der Waals surface area contributed by atoms with E-state index in [0.29, 0.717) is 17.9 Å². The molecule has 0 aromatic heterocycles. The molecular weight excluding hydrogens is 254 g/mol. The highest BCUT2D eigenvalue weighted by atomic mass is 14.9. The van der Waals surface area contributed by atoms with Gasteiger partial charge in [0.05, 0.1) is 0 Å². The molecule has 1 N–H and O–H groups in total. The lowest BCUT2D eigenvalue weighted by molar-refractivity contribution is 0.317. The fourth-order valence-corrected chi connectivity index (χ4v) is 3.05. The lowest BCUT2D eigenvalue weighted by atomic mass is 9.78. The van der Waals surface area contributed by atoms with Crippen molar-refractivity contribution in [3.63, 3.8) is 0 Å². The average Bonchev–Trinajstić information content (AvgIpc) is 2.53. The zero-order valence-electron chi connectivity index (χ0n) is 13.9. The summed E-state index contributed by atoms with van der Waals surface area (Å²) in [6.45, 7) is 7.98. The van der Waals surface area contributed by atoms with Gasteiger partial charge in [-0.1, -0.05) is 57.5 Å². The van der Waals surface area contributed by atoms with Crippen molar-refractivity contribution in [1.29, 1.82) is 0 Å². The normalized spacial score (nSPS) is 15.1. The summed E-state index contributed by atoms with van der Waals surface area (Å²) >= 11 is 0. The van der Waals surface area contributed by atoms with Crippen LogP contribution in [0.2, 0.25) is 0 Å². The van der Waals surface area contributed by atoms with Gasteiger partial charge in [-0.3, -0.25) is 0 Å². The van der Waals surface area contributed by atoms with Crippen molar-refractivity contribution >= 4 is 0 Å². The summed E-state index contributed by atoms with van der Waals surface area (Å²) < 4.78 is 0. The minimum Gasteiger partial charge on any atom is -0.313 e. The van der Waals surface area contributed by atoms with Crippen LogP contribution in [0.25, 0.3) is 0 Å². The highest BCUT2D eigenvalue weighted by molar-refractivity contribution is 5.22. The predicted octanol–water partition coefficient (Wildman–Crippen LogP) is 4.99. The molecule has 0 saturated heterocycles. The van der Waals surface area contributed by atoms with Crippen LogP contribution in [-0.2, 0) is 0 Å². The Morgan fingerprint density at radius 2 is 1.90 bits per heavy atom. The van der Waals surface area contributed by atoms with Gasteiger partial charge in [0.1, 0.15) is 0 Å². The van der Waals surface area contributed by atoms with Crippen LogP contribution in [0.1, 0.15) is 64.4 Å². The third kappa shape index (κ3) is 5.94. The van der Waals surface area contributed by atoms with E-state index in [9.17, 15) is 0 Å². The van der Waals surface area contributed by atoms with Crippen molar-refractivity contribution < 1.29 is 0 Å². The first kappa shape index (κ1) is 17.8. The van der Waals surface area contributed by atoms with Gasteiger partial charge in [-0.05, 0) is 37.3 Å². The lowest BCUT2D eigenvalue weighted by Crippen LogP contribution is -2.38. The minimum absolute atomic E-state index is 0.524. The first-order valence-electron chi connectivity index (χ1n) is 8.46. The molecule has 1 aromatic carbocycles.